The van der Waals surface area contributed by atoms with Crippen LogP contribution in [0.1, 0.15) is 0 Å². The van der Waals surface area contributed by atoms with Gasteiger partial charge in [0.25, 0.3) is 0 Å². The highest BCUT2D eigenvalue weighted by Gasteiger charge is 2.19. The molecule has 1 saturated heterocycles. The molecule has 0 saturated carbocycles. The van der Waals surface area contributed by atoms with E-state index in [0.717, 1.165) is 42.4 Å². The molecule has 0 aliphatic carbocycles. The lowest BCUT2D eigenvalue weighted by atomic mass is 10.3. The Labute approximate surface area is 113 Å². The van der Waals surface area contributed by atoms with Gasteiger partial charge in [-0.1, -0.05) is 15.9 Å². The van der Waals surface area contributed by atoms with Gasteiger partial charge >= 0.3 is 0 Å². The Morgan fingerprint density at radius 1 is 1.11 bits per heavy atom. The van der Waals surface area contributed by atoms with Crippen LogP contribution in [-0.2, 0) is 0 Å². The zero-order valence-electron chi connectivity index (χ0n) is 9.75. The Kier molecular flexibility index (Phi) is 3.14. The van der Waals surface area contributed by atoms with Crippen molar-refractivity contribution in [2.45, 2.75) is 0 Å². The summed E-state index contributed by atoms with van der Waals surface area (Å²) in [6.45, 7) is 3.71. The lowest BCUT2D eigenvalue weighted by Gasteiger charge is -2.35. The van der Waals surface area contributed by atoms with E-state index >= 15 is 0 Å². The van der Waals surface area contributed by atoms with Crippen molar-refractivity contribution in [1.29, 1.82) is 0 Å². The fraction of sp³-hybridized carbons (Fsp3) is 0.364. The zero-order chi connectivity index (χ0) is 12.4. The monoisotopic (exact) mass is 308 g/mol. The third-order valence-electron chi connectivity index (χ3n) is 3.01. The summed E-state index contributed by atoms with van der Waals surface area (Å²) in [5.74, 6) is 1.86. The second kappa shape index (κ2) is 4.93. The van der Waals surface area contributed by atoms with Crippen LogP contribution in [-0.4, -0.2) is 46.3 Å². The minimum Gasteiger partial charge on any atom is -0.353 e. The minimum absolute atomic E-state index is 0.844. The third-order valence-corrected chi connectivity index (χ3v) is 3.51. The molecule has 0 spiro atoms. The predicted molar refractivity (Wildman–Crippen MR) is 72.7 cm³/mol. The molecule has 94 valence electrons. The first-order valence-electron chi connectivity index (χ1n) is 5.80. The van der Waals surface area contributed by atoms with Gasteiger partial charge in [0.15, 0.2) is 0 Å². The molecule has 1 aliphatic heterocycles. The zero-order valence-corrected chi connectivity index (χ0v) is 11.3. The number of nitrogens with zero attached hydrogens (tertiary/aromatic N) is 5. The van der Waals surface area contributed by atoms with E-state index in [0.29, 0.717) is 0 Å². The molecule has 0 atom stereocenters. The van der Waals surface area contributed by atoms with E-state index < -0.39 is 0 Å². The highest BCUT2D eigenvalue weighted by atomic mass is 79.9. The van der Waals surface area contributed by atoms with Crippen molar-refractivity contribution in [2.75, 3.05) is 36.0 Å². The second-order valence-corrected chi connectivity index (χ2v) is 5.03. The predicted octanol–water partition coefficient (Wildman–Crippen LogP) is 1.29. The largest absolute Gasteiger partial charge is 0.353 e. The van der Waals surface area contributed by atoms with Crippen molar-refractivity contribution in [3.05, 3.63) is 29.1 Å². The number of rotatable bonds is 2. The molecule has 1 fully saturated rings. The first-order valence-corrected chi connectivity index (χ1v) is 6.59. The van der Waals surface area contributed by atoms with Crippen LogP contribution in [0, 0.1) is 0 Å². The first-order chi connectivity index (χ1) is 8.83. The van der Waals surface area contributed by atoms with Crippen molar-refractivity contribution < 1.29 is 0 Å². The van der Waals surface area contributed by atoms with Crippen molar-refractivity contribution in [2.24, 2.45) is 0 Å². The Bertz CT molecular complexity index is 506. The Morgan fingerprint density at radius 3 is 2.56 bits per heavy atom. The van der Waals surface area contributed by atoms with E-state index in [1.165, 1.54) is 6.33 Å². The third kappa shape index (κ3) is 2.31. The first kappa shape index (κ1) is 11.5. The molecule has 0 aromatic carbocycles. The summed E-state index contributed by atoms with van der Waals surface area (Å²) in [5.41, 5.74) is 0. The molecule has 2 aromatic heterocycles. The van der Waals surface area contributed by atoms with E-state index in [-0.39, 0.29) is 0 Å². The van der Waals surface area contributed by atoms with Crippen LogP contribution in [0.4, 0.5) is 11.8 Å². The maximum absolute atomic E-state index is 4.39. The smallest absolute Gasteiger partial charge is 0.221 e. The Balaban J connectivity index is 1.67. The standard InChI is InChI=1S/C11H13BrN6/c12-9-1-2-13-10(7-9)17-3-5-18(6-4-17)11-14-8-15-16-11/h1-2,7-8H,3-6H2,(H,14,15,16). The summed E-state index contributed by atoms with van der Waals surface area (Å²) in [6, 6.07) is 3.98. The fourth-order valence-electron chi connectivity index (χ4n) is 2.07. The number of nitrogens with one attached hydrogen (secondary N) is 1. The highest BCUT2D eigenvalue weighted by molar-refractivity contribution is 9.10. The van der Waals surface area contributed by atoms with Gasteiger partial charge in [-0.05, 0) is 12.1 Å². The van der Waals surface area contributed by atoms with Gasteiger partial charge in [-0.15, -0.1) is 0 Å². The molecule has 3 heterocycles. The van der Waals surface area contributed by atoms with Crippen LogP contribution in [0.2, 0.25) is 0 Å². The van der Waals surface area contributed by atoms with Crippen molar-refractivity contribution >= 4 is 27.7 Å². The number of hydrogen-bond donors (Lipinski definition) is 1. The van der Waals surface area contributed by atoms with E-state index in [1.54, 1.807) is 0 Å². The van der Waals surface area contributed by atoms with E-state index in [9.17, 15) is 0 Å². The number of hydrogen-bond acceptors (Lipinski definition) is 5. The summed E-state index contributed by atoms with van der Waals surface area (Å²) < 4.78 is 1.06. The van der Waals surface area contributed by atoms with Crippen molar-refractivity contribution in [3.63, 3.8) is 0 Å². The molecular weight excluding hydrogens is 296 g/mol. The lowest BCUT2D eigenvalue weighted by Crippen LogP contribution is -2.47. The average molecular weight is 309 g/mol. The Morgan fingerprint density at radius 2 is 1.89 bits per heavy atom. The van der Waals surface area contributed by atoms with Gasteiger partial charge in [-0.25, -0.2) is 10.1 Å². The van der Waals surface area contributed by atoms with Gasteiger partial charge in [0.2, 0.25) is 5.95 Å². The van der Waals surface area contributed by atoms with Crippen LogP contribution < -0.4 is 9.80 Å². The number of aromatic nitrogens is 4. The van der Waals surface area contributed by atoms with Gasteiger partial charge in [0, 0.05) is 36.8 Å². The van der Waals surface area contributed by atoms with Gasteiger partial charge in [-0.2, -0.15) is 10.1 Å². The molecule has 2 aromatic rings. The summed E-state index contributed by atoms with van der Waals surface area (Å²) in [6.07, 6.45) is 3.36. The fourth-order valence-corrected chi connectivity index (χ4v) is 2.39. The number of pyridine rings is 1. The summed E-state index contributed by atoms with van der Waals surface area (Å²) in [5, 5.41) is 6.77. The molecule has 1 N–H and O–H groups in total. The molecule has 0 radical (unpaired) electrons. The maximum Gasteiger partial charge on any atom is 0.221 e. The number of H-pyrrole nitrogens is 1. The van der Waals surface area contributed by atoms with E-state index in [1.807, 2.05) is 18.3 Å². The topological polar surface area (TPSA) is 60.9 Å². The second-order valence-electron chi connectivity index (χ2n) is 4.12. The molecule has 0 bridgehead atoms. The SMILES string of the molecule is Brc1ccnc(N2CCN(c3ncn[nH]3)CC2)c1. The van der Waals surface area contributed by atoms with Gasteiger partial charge < -0.3 is 9.80 Å². The van der Waals surface area contributed by atoms with Crippen molar-refractivity contribution in [1.82, 2.24) is 20.2 Å². The van der Waals surface area contributed by atoms with Crippen LogP contribution in [0.3, 0.4) is 0 Å². The average Bonchev–Trinajstić information content (AvgIpc) is 2.93. The van der Waals surface area contributed by atoms with Gasteiger partial charge in [-0.3, -0.25) is 0 Å². The molecule has 18 heavy (non-hydrogen) atoms. The number of piperazine rings is 1. The molecule has 6 nitrogen and oxygen atoms in total. The number of aromatic amines is 1. The van der Waals surface area contributed by atoms with Crippen LogP contribution in [0.5, 0.6) is 0 Å². The Hall–Kier alpha value is -1.63. The molecule has 7 heteroatoms. The molecule has 0 amide bonds. The van der Waals surface area contributed by atoms with E-state index in [2.05, 4.69) is 45.9 Å². The molecule has 3 rings (SSSR count). The van der Waals surface area contributed by atoms with Crippen LogP contribution in [0.15, 0.2) is 29.1 Å². The summed E-state index contributed by atoms with van der Waals surface area (Å²) >= 11 is 3.47. The number of halogens is 1. The van der Waals surface area contributed by atoms with Crippen LogP contribution in [0.25, 0.3) is 0 Å². The van der Waals surface area contributed by atoms with Gasteiger partial charge in [0.1, 0.15) is 12.1 Å². The molecule has 1 aliphatic rings. The van der Waals surface area contributed by atoms with Gasteiger partial charge in [0.05, 0.1) is 0 Å². The lowest BCUT2D eigenvalue weighted by molar-refractivity contribution is 0.635. The summed E-state index contributed by atoms with van der Waals surface area (Å²) in [4.78, 5) is 13.0. The van der Waals surface area contributed by atoms with Crippen molar-refractivity contribution in [3.8, 4) is 0 Å². The van der Waals surface area contributed by atoms with Crippen LogP contribution >= 0.6 is 15.9 Å². The maximum atomic E-state index is 4.39. The normalized spacial score (nSPS) is 16.1. The number of anilines is 2. The molecular formula is C11H13BrN6. The quantitative estimate of drug-likeness (QED) is 0.906. The minimum atomic E-state index is 0.844. The highest BCUT2D eigenvalue weighted by Crippen LogP contribution is 2.19. The molecule has 0 unspecified atom stereocenters. The van der Waals surface area contributed by atoms with E-state index in [4.69, 9.17) is 0 Å². The summed E-state index contributed by atoms with van der Waals surface area (Å²) in [7, 11) is 0.